The number of fused-ring (bicyclic) bond motifs is 1. The van der Waals surface area contributed by atoms with Crippen LogP contribution in [0.25, 0.3) is 0 Å². The van der Waals surface area contributed by atoms with Crippen molar-refractivity contribution in [2.75, 3.05) is 26.6 Å². The van der Waals surface area contributed by atoms with Crippen LogP contribution in [0, 0.1) is 5.92 Å². The number of rotatable bonds is 8. The molecular formula is C15H22ClNO3. The van der Waals surface area contributed by atoms with Crippen molar-refractivity contribution in [1.29, 1.82) is 0 Å². The number of hydrogen-bond acceptors (Lipinski definition) is 4. The van der Waals surface area contributed by atoms with E-state index in [-0.39, 0.29) is 6.79 Å². The van der Waals surface area contributed by atoms with Crippen molar-refractivity contribution in [3.63, 3.8) is 0 Å². The molecule has 20 heavy (non-hydrogen) atoms. The highest BCUT2D eigenvalue weighted by atomic mass is 35.5. The second-order valence-corrected chi connectivity index (χ2v) is 5.72. The van der Waals surface area contributed by atoms with Gasteiger partial charge in [0.2, 0.25) is 6.79 Å². The molecule has 0 saturated heterocycles. The third kappa shape index (κ3) is 4.54. The highest BCUT2D eigenvalue weighted by molar-refractivity contribution is 6.32. The second-order valence-electron chi connectivity index (χ2n) is 5.31. The fourth-order valence-electron chi connectivity index (χ4n) is 1.97. The molecule has 0 unspecified atom stereocenters. The van der Waals surface area contributed by atoms with Gasteiger partial charge in [-0.25, -0.2) is 0 Å². The number of ether oxygens (including phenoxy) is 3. The molecule has 0 bridgehead atoms. The van der Waals surface area contributed by atoms with Gasteiger partial charge in [0.25, 0.3) is 0 Å². The van der Waals surface area contributed by atoms with Gasteiger partial charge in [-0.3, -0.25) is 0 Å². The van der Waals surface area contributed by atoms with Gasteiger partial charge in [0.1, 0.15) is 0 Å². The molecule has 1 N–H and O–H groups in total. The van der Waals surface area contributed by atoms with Crippen molar-refractivity contribution < 1.29 is 14.2 Å². The van der Waals surface area contributed by atoms with Crippen LogP contribution < -0.4 is 14.8 Å². The Hall–Kier alpha value is -0.970. The molecule has 0 aromatic heterocycles. The first-order valence-corrected chi connectivity index (χ1v) is 7.41. The van der Waals surface area contributed by atoms with Crippen LogP contribution in [0.4, 0.5) is 0 Å². The maximum absolute atomic E-state index is 6.13. The van der Waals surface area contributed by atoms with Crippen molar-refractivity contribution in [2.24, 2.45) is 5.92 Å². The van der Waals surface area contributed by atoms with Crippen molar-refractivity contribution in [2.45, 2.75) is 26.8 Å². The summed E-state index contributed by atoms with van der Waals surface area (Å²) in [6.45, 7) is 7.87. The molecule has 1 aromatic rings. The standard InChI is InChI=1S/C15H22ClNO3/c1-11(2)9-18-5-3-4-17-8-12-6-13(16)15-14(7-12)19-10-20-15/h6-7,11,17H,3-5,8-10H2,1-2H3. The van der Waals surface area contributed by atoms with Gasteiger partial charge in [0.05, 0.1) is 5.02 Å². The van der Waals surface area contributed by atoms with Gasteiger partial charge < -0.3 is 19.5 Å². The lowest BCUT2D eigenvalue weighted by molar-refractivity contribution is 0.108. The lowest BCUT2D eigenvalue weighted by atomic mass is 10.2. The molecule has 1 heterocycles. The maximum Gasteiger partial charge on any atom is 0.231 e. The van der Waals surface area contributed by atoms with Crippen LogP contribution in [-0.2, 0) is 11.3 Å². The minimum absolute atomic E-state index is 0.249. The fourth-order valence-corrected chi connectivity index (χ4v) is 2.26. The average Bonchev–Trinajstić information content (AvgIpc) is 2.86. The number of hydrogen-bond donors (Lipinski definition) is 1. The minimum Gasteiger partial charge on any atom is -0.454 e. The SMILES string of the molecule is CC(C)COCCCNCc1cc(Cl)c2c(c1)OCO2. The molecule has 4 nitrogen and oxygen atoms in total. The van der Waals surface area contributed by atoms with Gasteiger partial charge in [-0.15, -0.1) is 0 Å². The summed E-state index contributed by atoms with van der Waals surface area (Å²) in [6, 6.07) is 3.88. The number of nitrogens with one attached hydrogen (secondary N) is 1. The molecule has 1 aromatic carbocycles. The highest BCUT2D eigenvalue weighted by Gasteiger charge is 2.17. The van der Waals surface area contributed by atoms with E-state index in [9.17, 15) is 0 Å². The molecule has 0 amide bonds. The summed E-state index contributed by atoms with van der Waals surface area (Å²) in [5.74, 6) is 1.98. The molecule has 112 valence electrons. The Balaban J connectivity index is 1.66. The summed E-state index contributed by atoms with van der Waals surface area (Å²) < 4.78 is 16.2. The zero-order valence-corrected chi connectivity index (χ0v) is 12.8. The quantitative estimate of drug-likeness (QED) is 0.748. The minimum atomic E-state index is 0.249. The van der Waals surface area contributed by atoms with Crippen LogP contribution in [0.5, 0.6) is 11.5 Å². The molecule has 1 aliphatic rings. The van der Waals surface area contributed by atoms with Crippen LogP contribution in [0.3, 0.4) is 0 Å². The molecule has 1 aliphatic heterocycles. The first-order valence-electron chi connectivity index (χ1n) is 7.03. The van der Waals surface area contributed by atoms with Crippen molar-refractivity contribution in [3.8, 4) is 11.5 Å². The molecule has 0 radical (unpaired) electrons. The van der Waals surface area contributed by atoms with E-state index in [2.05, 4.69) is 19.2 Å². The van der Waals surface area contributed by atoms with E-state index in [1.165, 1.54) is 0 Å². The van der Waals surface area contributed by atoms with Crippen molar-refractivity contribution in [3.05, 3.63) is 22.7 Å². The lowest BCUT2D eigenvalue weighted by Gasteiger charge is -2.08. The first-order chi connectivity index (χ1) is 9.66. The van der Waals surface area contributed by atoms with Gasteiger partial charge in [-0.1, -0.05) is 25.4 Å². The van der Waals surface area contributed by atoms with Crippen molar-refractivity contribution >= 4 is 11.6 Å². The molecule has 0 atom stereocenters. The molecule has 0 aliphatic carbocycles. The van der Waals surface area contributed by atoms with E-state index < -0.39 is 0 Å². The summed E-state index contributed by atoms with van der Waals surface area (Å²) >= 11 is 6.13. The topological polar surface area (TPSA) is 39.7 Å². The monoisotopic (exact) mass is 299 g/mol. The Labute approximate surface area is 125 Å². The summed E-state index contributed by atoms with van der Waals surface area (Å²) in [4.78, 5) is 0. The first kappa shape index (κ1) is 15.4. The Morgan fingerprint density at radius 3 is 3.00 bits per heavy atom. The van der Waals surface area contributed by atoms with Gasteiger partial charge in [0, 0.05) is 19.8 Å². The average molecular weight is 300 g/mol. The number of halogens is 1. The van der Waals surface area contributed by atoms with E-state index in [1.54, 1.807) is 0 Å². The van der Waals surface area contributed by atoms with Gasteiger partial charge in [-0.2, -0.15) is 0 Å². The Kier molecular flexibility index (Phi) is 5.95. The van der Waals surface area contributed by atoms with Gasteiger partial charge in [0.15, 0.2) is 11.5 Å². The van der Waals surface area contributed by atoms with Crippen molar-refractivity contribution in [1.82, 2.24) is 5.32 Å². The molecule has 2 rings (SSSR count). The van der Waals surface area contributed by atoms with Gasteiger partial charge in [-0.05, 0) is 36.6 Å². The molecule has 0 spiro atoms. The Morgan fingerprint density at radius 1 is 1.35 bits per heavy atom. The van der Waals surface area contributed by atoms with E-state index in [0.29, 0.717) is 16.7 Å². The van der Waals surface area contributed by atoms with E-state index in [0.717, 1.165) is 44.0 Å². The Morgan fingerprint density at radius 2 is 2.20 bits per heavy atom. The normalized spacial score (nSPS) is 13.2. The smallest absolute Gasteiger partial charge is 0.231 e. The molecular weight excluding hydrogens is 278 g/mol. The van der Waals surface area contributed by atoms with Gasteiger partial charge >= 0.3 is 0 Å². The predicted molar refractivity (Wildman–Crippen MR) is 79.6 cm³/mol. The summed E-state index contributed by atoms with van der Waals surface area (Å²) in [5.41, 5.74) is 1.10. The number of benzene rings is 1. The summed E-state index contributed by atoms with van der Waals surface area (Å²) in [5, 5.41) is 3.98. The van der Waals surface area contributed by atoms with Crippen LogP contribution >= 0.6 is 11.6 Å². The predicted octanol–water partition coefficient (Wildman–Crippen LogP) is 3.22. The second kappa shape index (κ2) is 7.72. The van der Waals surface area contributed by atoms with Crippen LogP contribution in [0.15, 0.2) is 12.1 Å². The van der Waals surface area contributed by atoms with Crippen LogP contribution in [-0.4, -0.2) is 26.6 Å². The van der Waals surface area contributed by atoms with Crippen LogP contribution in [0.1, 0.15) is 25.8 Å². The van der Waals surface area contributed by atoms with E-state index >= 15 is 0 Å². The molecule has 0 saturated carbocycles. The summed E-state index contributed by atoms with van der Waals surface area (Å²) in [7, 11) is 0. The molecule has 5 heteroatoms. The lowest BCUT2D eigenvalue weighted by Crippen LogP contribution is -2.17. The van der Waals surface area contributed by atoms with Crippen LogP contribution in [0.2, 0.25) is 5.02 Å². The third-order valence-corrected chi connectivity index (χ3v) is 3.19. The van der Waals surface area contributed by atoms with E-state index in [4.69, 9.17) is 25.8 Å². The maximum atomic E-state index is 6.13. The molecule has 0 fully saturated rings. The van der Waals surface area contributed by atoms with E-state index in [1.807, 2.05) is 12.1 Å². The zero-order valence-electron chi connectivity index (χ0n) is 12.1. The summed E-state index contributed by atoms with van der Waals surface area (Å²) in [6.07, 6.45) is 1.00. The fraction of sp³-hybridized carbons (Fsp3) is 0.600. The zero-order chi connectivity index (χ0) is 14.4. The third-order valence-electron chi connectivity index (χ3n) is 2.91. The Bertz CT molecular complexity index is 437. The highest BCUT2D eigenvalue weighted by Crippen LogP contribution is 2.39. The largest absolute Gasteiger partial charge is 0.454 e.